The highest BCUT2D eigenvalue weighted by Gasteiger charge is 2.39. The summed E-state index contributed by atoms with van der Waals surface area (Å²) in [6.07, 6.45) is 5.71. The highest BCUT2D eigenvalue weighted by molar-refractivity contribution is 7.18. The Morgan fingerprint density at radius 2 is 1.61 bits per heavy atom. The van der Waals surface area contributed by atoms with E-state index in [-0.39, 0.29) is 0 Å². The molecule has 0 N–H and O–H groups in total. The van der Waals surface area contributed by atoms with Crippen molar-refractivity contribution in [1.82, 2.24) is 4.98 Å². The number of aryl methyl sites for hydroxylation is 1. The van der Waals surface area contributed by atoms with E-state index < -0.39 is 34.3 Å². The quantitative estimate of drug-likeness (QED) is 0.237. The summed E-state index contributed by atoms with van der Waals surface area (Å²) >= 11 is 0.769. The molecule has 3 aromatic rings. The van der Waals surface area contributed by atoms with Crippen molar-refractivity contribution in [3.63, 3.8) is 0 Å². The summed E-state index contributed by atoms with van der Waals surface area (Å²) in [5.74, 6) is -4.19. The lowest BCUT2D eigenvalue weighted by Crippen LogP contribution is -2.21. The third-order valence-corrected chi connectivity index (χ3v) is 7.48. The van der Waals surface area contributed by atoms with Crippen molar-refractivity contribution in [2.24, 2.45) is 11.8 Å². The lowest BCUT2D eigenvalue weighted by atomic mass is 9.78. The van der Waals surface area contributed by atoms with Crippen LogP contribution in [0.15, 0.2) is 30.3 Å². The van der Waals surface area contributed by atoms with Crippen molar-refractivity contribution in [1.29, 1.82) is 0 Å². The molecule has 0 aliphatic heterocycles. The first-order valence-electron chi connectivity index (χ1n) is 11.4. The van der Waals surface area contributed by atoms with Gasteiger partial charge in [0.1, 0.15) is 5.75 Å². The molecule has 1 aliphatic carbocycles. The zero-order chi connectivity index (χ0) is 23.6. The van der Waals surface area contributed by atoms with Crippen molar-refractivity contribution < 1.29 is 26.7 Å². The van der Waals surface area contributed by atoms with E-state index in [1.807, 2.05) is 12.1 Å². The number of benzene rings is 2. The molecule has 0 unspecified atom stereocenters. The number of aromatic nitrogens is 1. The molecule has 1 aliphatic rings. The number of halogens is 5. The molecule has 1 heterocycles. The van der Waals surface area contributed by atoms with Gasteiger partial charge in [0, 0.05) is 12.1 Å². The maximum absolute atomic E-state index is 14.6. The van der Waals surface area contributed by atoms with Crippen LogP contribution >= 0.6 is 11.3 Å². The predicted molar refractivity (Wildman–Crippen MR) is 119 cm³/mol. The molecule has 178 valence electrons. The molecule has 1 saturated carbocycles. The summed E-state index contributed by atoms with van der Waals surface area (Å²) in [5.41, 5.74) is 1.47. The average Bonchev–Trinajstić information content (AvgIpc) is 3.21. The number of thiazole rings is 1. The average molecular weight is 484 g/mol. The smallest absolute Gasteiger partial charge is 0.427 e. The highest BCUT2D eigenvalue weighted by atomic mass is 32.1. The van der Waals surface area contributed by atoms with Gasteiger partial charge in [-0.3, -0.25) is 0 Å². The molecular formula is C25H26F5NOS. The van der Waals surface area contributed by atoms with Gasteiger partial charge in [-0.15, -0.1) is 11.3 Å². The molecule has 1 fully saturated rings. The number of alkyl halides is 2. The monoisotopic (exact) mass is 483 g/mol. The van der Waals surface area contributed by atoms with Crippen LogP contribution in [-0.4, -0.2) is 4.98 Å². The molecule has 8 heteroatoms. The van der Waals surface area contributed by atoms with Crippen LogP contribution in [0.3, 0.4) is 0 Å². The van der Waals surface area contributed by atoms with Gasteiger partial charge in [0.25, 0.3) is 0 Å². The predicted octanol–water partition coefficient (Wildman–Crippen LogP) is 8.38. The molecule has 33 heavy (non-hydrogen) atoms. The van der Waals surface area contributed by atoms with Crippen LogP contribution in [0.25, 0.3) is 10.2 Å². The van der Waals surface area contributed by atoms with E-state index >= 15 is 0 Å². The van der Waals surface area contributed by atoms with Gasteiger partial charge in [-0.1, -0.05) is 51.5 Å². The Balaban J connectivity index is 1.42. The fraction of sp³-hybridized carbons (Fsp3) is 0.480. The minimum absolute atomic E-state index is 0.382. The first-order valence-corrected chi connectivity index (χ1v) is 12.2. The van der Waals surface area contributed by atoms with E-state index in [4.69, 9.17) is 0 Å². The minimum atomic E-state index is -3.92. The fourth-order valence-corrected chi connectivity index (χ4v) is 5.56. The maximum atomic E-state index is 14.6. The molecule has 4 rings (SSSR count). The fourth-order valence-electron chi connectivity index (χ4n) is 4.62. The van der Waals surface area contributed by atoms with E-state index in [0.29, 0.717) is 28.3 Å². The topological polar surface area (TPSA) is 22.1 Å². The molecule has 1 aromatic heterocycles. The van der Waals surface area contributed by atoms with Gasteiger partial charge in [0.05, 0.1) is 10.2 Å². The van der Waals surface area contributed by atoms with Crippen LogP contribution in [0.5, 0.6) is 5.75 Å². The number of nitrogens with zero attached hydrogens (tertiary/aromatic N) is 1. The third-order valence-electron chi connectivity index (χ3n) is 6.41. The molecule has 0 saturated heterocycles. The number of fused-ring (bicyclic) bond motifs is 1. The second-order valence-electron chi connectivity index (χ2n) is 8.85. The van der Waals surface area contributed by atoms with Gasteiger partial charge in [0.15, 0.2) is 17.5 Å². The molecule has 0 atom stereocenters. The third kappa shape index (κ3) is 5.65. The van der Waals surface area contributed by atoms with Crippen molar-refractivity contribution in [3.8, 4) is 5.75 Å². The summed E-state index contributed by atoms with van der Waals surface area (Å²) in [5, 5.41) is -0.631. The van der Waals surface area contributed by atoms with E-state index in [1.165, 1.54) is 38.5 Å². The van der Waals surface area contributed by atoms with Crippen LogP contribution in [0.1, 0.15) is 62.4 Å². The Bertz CT molecular complexity index is 1080. The summed E-state index contributed by atoms with van der Waals surface area (Å²) < 4.78 is 74.0. The van der Waals surface area contributed by atoms with Crippen LogP contribution in [0, 0.1) is 29.3 Å². The van der Waals surface area contributed by atoms with E-state index in [2.05, 4.69) is 16.6 Å². The molecular weight excluding hydrogens is 457 g/mol. The Kier molecular flexibility index (Phi) is 7.22. The molecule has 2 nitrogen and oxygen atoms in total. The van der Waals surface area contributed by atoms with Gasteiger partial charge >= 0.3 is 6.11 Å². The molecule has 0 bridgehead atoms. The van der Waals surface area contributed by atoms with Crippen LogP contribution in [-0.2, 0) is 12.5 Å². The summed E-state index contributed by atoms with van der Waals surface area (Å²) in [4.78, 5) is 3.94. The molecule has 0 amide bonds. The Morgan fingerprint density at radius 1 is 0.970 bits per heavy atom. The highest BCUT2D eigenvalue weighted by Crippen LogP contribution is 2.38. The van der Waals surface area contributed by atoms with Gasteiger partial charge in [0.2, 0.25) is 5.01 Å². The van der Waals surface area contributed by atoms with Crippen molar-refractivity contribution >= 4 is 21.6 Å². The van der Waals surface area contributed by atoms with Crippen molar-refractivity contribution in [2.45, 2.75) is 64.4 Å². The molecule has 0 radical (unpaired) electrons. The van der Waals surface area contributed by atoms with E-state index in [0.717, 1.165) is 35.7 Å². The van der Waals surface area contributed by atoms with Gasteiger partial charge in [-0.2, -0.15) is 8.78 Å². The SMILES string of the molecule is CCCC1CCC(CCc2ccc3nc(C(F)(F)Oc4cc(F)c(F)c(F)c4)sc3c2)CC1. The number of rotatable bonds is 8. The second-order valence-corrected chi connectivity index (χ2v) is 9.89. The Morgan fingerprint density at radius 3 is 2.24 bits per heavy atom. The molecule has 2 aromatic carbocycles. The standard InChI is InChI=1S/C25H26F5NOS/c1-2-3-15-4-6-16(7-5-15)8-9-17-10-11-21-22(12-17)33-24(31-21)25(29,30)32-18-13-19(26)23(28)20(27)14-18/h10-16H,2-9H2,1H3. The normalized spacial score (nSPS) is 19.2. The second kappa shape index (κ2) is 9.95. The van der Waals surface area contributed by atoms with Crippen molar-refractivity contribution in [3.05, 3.63) is 58.4 Å². The van der Waals surface area contributed by atoms with Crippen LogP contribution < -0.4 is 4.74 Å². The number of ether oxygens (including phenoxy) is 1. The van der Waals surface area contributed by atoms with E-state index in [1.54, 1.807) is 6.07 Å². The zero-order valence-corrected chi connectivity index (χ0v) is 19.2. The Labute approximate surface area is 193 Å². The first kappa shape index (κ1) is 23.9. The lowest BCUT2D eigenvalue weighted by Gasteiger charge is -2.28. The molecule has 0 spiro atoms. The van der Waals surface area contributed by atoms with Gasteiger partial charge in [-0.25, -0.2) is 18.2 Å². The van der Waals surface area contributed by atoms with Gasteiger partial charge < -0.3 is 4.74 Å². The Hall–Kier alpha value is -2.22. The zero-order valence-electron chi connectivity index (χ0n) is 18.4. The van der Waals surface area contributed by atoms with Crippen LogP contribution in [0.4, 0.5) is 22.0 Å². The lowest BCUT2D eigenvalue weighted by molar-refractivity contribution is -0.185. The van der Waals surface area contributed by atoms with Gasteiger partial charge in [-0.05, 0) is 42.4 Å². The largest absolute Gasteiger partial charge is 0.454 e. The maximum Gasteiger partial charge on any atom is 0.454 e. The number of hydrogen-bond acceptors (Lipinski definition) is 3. The van der Waals surface area contributed by atoms with E-state index in [9.17, 15) is 22.0 Å². The summed E-state index contributed by atoms with van der Waals surface area (Å²) in [6.45, 7) is 2.23. The van der Waals surface area contributed by atoms with Crippen LogP contribution in [0.2, 0.25) is 0 Å². The number of hydrogen-bond donors (Lipinski definition) is 0. The van der Waals surface area contributed by atoms with Crippen molar-refractivity contribution in [2.75, 3.05) is 0 Å². The first-order chi connectivity index (χ1) is 15.7. The summed E-state index contributed by atoms with van der Waals surface area (Å²) in [6, 6.07) is 6.24. The summed E-state index contributed by atoms with van der Waals surface area (Å²) in [7, 11) is 0. The minimum Gasteiger partial charge on any atom is -0.427 e.